The summed E-state index contributed by atoms with van der Waals surface area (Å²) in [5, 5.41) is 0. The van der Waals surface area contributed by atoms with Crippen LogP contribution in [0.3, 0.4) is 0 Å². The number of benzene rings is 1. The molecule has 0 saturated heterocycles. The van der Waals surface area contributed by atoms with Crippen LogP contribution in [0.15, 0.2) is 24.3 Å². The van der Waals surface area contributed by atoms with Gasteiger partial charge in [0.25, 0.3) is 5.91 Å². The van der Waals surface area contributed by atoms with Crippen molar-refractivity contribution in [3.8, 4) is 0 Å². The van der Waals surface area contributed by atoms with Gasteiger partial charge in [0, 0.05) is 23.1 Å². The molecule has 0 aliphatic heterocycles. The average Bonchev–Trinajstić information content (AvgIpc) is 2.28. The summed E-state index contributed by atoms with van der Waals surface area (Å²) in [6, 6.07) is 7.61. The molecule has 0 radical (unpaired) electrons. The van der Waals surface area contributed by atoms with Crippen LogP contribution in [-0.2, 0) is 5.75 Å². The van der Waals surface area contributed by atoms with E-state index < -0.39 is 0 Å². The fourth-order valence-corrected chi connectivity index (χ4v) is 2.12. The Morgan fingerprint density at radius 2 is 2.06 bits per heavy atom. The number of nitrogens with one attached hydrogen (secondary N) is 1. The highest BCUT2D eigenvalue weighted by atomic mass is 32.2. The lowest BCUT2D eigenvalue weighted by atomic mass is 10.1. The fraction of sp³-hybridized carbons (Fsp3) is 0.364. The zero-order valence-corrected chi connectivity index (χ0v) is 10.1. The van der Waals surface area contributed by atoms with Crippen LogP contribution in [0.1, 0.15) is 22.8 Å². The predicted octanol–water partition coefficient (Wildman–Crippen LogP) is 0.871. The van der Waals surface area contributed by atoms with Gasteiger partial charge in [-0.1, -0.05) is 12.1 Å². The summed E-state index contributed by atoms with van der Waals surface area (Å²) in [5.41, 5.74) is 9.50. The Balaban J connectivity index is 2.48. The number of rotatable bonds is 5. The van der Waals surface area contributed by atoms with Crippen LogP contribution in [0.2, 0.25) is 0 Å². The summed E-state index contributed by atoms with van der Waals surface area (Å²) in [4.78, 5) is 11.2. The molecule has 0 saturated carbocycles. The standard InChI is InChI=1S/C11H17N3OS/c1-8(12)6-16-7-9-2-4-10(5-3-9)11(15)14-13/h2-5,8H,6-7,12-13H2,1H3,(H,14,15). The molecule has 5 heteroatoms. The van der Waals surface area contributed by atoms with Crippen LogP contribution in [-0.4, -0.2) is 17.7 Å². The molecular weight excluding hydrogens is 222 g/mol. The molecule has 0 aliphatic rings. The molecule has 0 heterocycles. The Morgan fingerprint density at radius 1 is 1.44 bits per heavy atom. The summed E-state index contributed by atoms with van der Waals surface area (Å²) in [6.45, 7) is 1.99. The van der Waals surface area contributed by atoms with Crippen molar-refractivity contribution in [1.82, 2.24) is 5.43 Å². The lowest BCUT2D eigenvalue weighted by Gasteiger charge is -2.05. The van der Waals surface area contributed by atoms with E-state index in [2.05, 4.69) is 5.43 Å². The minimum atomic E-state index is -0.269. The molecule has 0 spiro atoms. The maximum atomic E-state index is 11.2. The molecule has 1 unspecified atom stereocenters. The number of carbonyl (C=O) groups excluding carboxylic acids is 1. The van der Waals surface area contributed by atoms with Crippen LogP contribution in [0.4, 0.5) is 0 Å². The summed E-state index contributed by atoms with van der Waals surface area (Å²) in [7, 11) is 0. The Kier molecular flexibility index (Phi) is 5.31. The largest absolute Gasteiger partial charge is 0.327 e. The number of hydrogen-bond acceptors (Lipinski definition) is 4. The molecule has 88 valence electrons. The van der Waals surface area contributed by atoms with Gasteiger partial charge in [0.15, 0.2) is 0 Å². The van der Waals surface area contributed by atoms with Crippen LogP contribution in [0.25, 0.3) is 0 Å². The zero-order chi connectivity index (χ0) is 12.0. The summed E-state index contributed by atoms with van der Waals surface area (Å²) < 4.78 is 0. The quantitative estimate of drug-likeness (QED) is 0.404. The van der Waals surface area contributed by atoms with E-state index in [1.807, 2.05) is 19.1 Å². The molecule has 0 fully saturated rings. The summed E-state index contributed by atoms with van der Waals surface area (Å²) in [5.74, 6) is 6.61. The van der Waals surface area contributed by atoms with Gasteiger partial charge in [-0.15, -0.1) is 0 Å². The van der Waals surface area contributed by atoms with Gasteiger partial charge in [-0.2, -0.15) is 11.8 Å². The number of nitrogens with two attached hydrogens (primary N) is 2. The van der Waals surface area contributed by atoms with Gasteiger partial charge in [-0.3, -0.25) is 10.2 Å². The Bertz CT molecular complexity index is 338. The molecule has 0 aliphatic carbocycles. The highest BCUT2D eigenvalue weighted by Gasteiger charge is 2.02. The first-order valence-electron chi connectivity index (χ1n) is 5.06. The third-order valence-corrected chi connectivity index (χ3v) is 3.30. The summed E-state index contributed by atoms with van der Waals surface area (Å²) >= 11 is 1.78. The minimum absolute atomic E-state index is 0.215. The van der Waals surface area contributed by atoms with Gasteiger partial charge in [0.1, 0.15) is 0 Å². The number of hydrazine groups is 1. The molecule has 0 bridgehead atoms. The van der Waals surface area contributed by atoms with Crippen molar-refractivity contribution in [2.24, 2.45) is 11.6 Å². The molecule has 1 atom stereocenters. The van der Waals surface area contributed by atoms with Crippen LogP contribution >= 0.6 is 11.8 Å². The molecule has 4 nitrogen and oxygen atoms in total. The second kappa shape index (κ2) is 6.52. The number of carbonyl (C=O) groups is 1. The van der Waals surface area contributed by atoms with E-state index >= 15 is 0 Å². The molecule has 1 amide bonds. The van der Waals surface area contributed by atoms with E-state index in [1.54, 1.807) is 23.9 Å². The predicted molar refractivity (Wildman–Crippen MR) is 67.9 cm³/mol. The molecule has 1 aromatic carbocycles. The molecule has 16 heavy (non-hydrogen) atoms. The average molecular weight is 239 g/mol. The number of nitrogen functional groups attached to an aromatic ring is 1. The van der Waals surface area contributed by atoms with Crippen molar-refractivity contribution in [1.29, 1.82) is 0 Å². The van der Waals surface area contributed by atoms with Gasteiger partial charge in [0.05, 0.1) is 0 Å². The van der Waals surface area contributed by atoms with Gasteiger partial charge < -0.3 is 5.73 Å². The Hall–Kier alpha value is -1.04. The SMILES string of the molecule is CC(N)CSCc1ccc(C(=O)NN)cc1. The third-order valence-electron chi connectivity index (χ3n) is 2.00. The lowest BCUT2D eigenvalue weighted by Crippen LogP contribution is -2.29. The number of thioether (sulfide) groups is 1. The van der Waals surface area contributed by atoms with Crippen molar-refractivity contribution in [3.63, 3.8) is 0 Å². The van der Waals surface area contributed by atoms with Crippen LogP contribution in [0, 0.1) is 0 Å². The first-order valence-corrected chi connectivity index (χ1v) is 6.22. The maximum absolute atomic E-state index is 11.2. The van der Waals surface area contributed by atoms with Crippen molar-refractivity contribution in [3.05, 3.63) is 35.4 Å². The van der Waals surface area contributed by atoms with Crippen molar-refractivity contribution < 1.29 is 4.79 Å². The number of amides is 1. The van der Waals surface area contributed by atoms with E-state index in [0.29, 0.717) is 5.56 Å². The van der Waals surface area contributed by atoms with E-state index in [0.717, 1.165) is 11.5 Å². The van der Waals surface area contributed by atoms with E-state index in [-0.39, 0.29) is 11.9 Å². The van der Waals surface area contributed by atoms with Gasteiger partial charge in [-0.25, -0.2) is 5.84 Å². The van der Waals surface area contributed by atoms with E-state index in [9.17, 15) is 4.79 Å². The minimum Gasteiger partial charge on any atom is -0.327 e. The third kappa shape index (κ3) is 4.22. The van der Waals surface area contributed by atoms with Gasteiger partial charge >= 0.3 is 0 Å². The molecule has 0 aromatic heterocycles. The van der Waals surface area contributed by atoms with Gasteiger partial charge in [0.2, 0.25) is 0 Å². The maximum Gasteiger partial charge on any atom is 0.265 e. The van der Waals surface area contributed by atoms with E-state index in [1.165, 1.54) is 5.56 Å². The second-order valence-electron chi connectivity index (χ2n) is 3.66. The van der Waals surface area contributed by atoms with Gasteiger partial charge in [-0.05, 0) is 24.6 Å². The van der Waals surface area contributed by atoms with Crippen molar-refractivity contribution in [2.75, 3.05) is 5.75 Å². The topological polar surface area (TPSA) is 81.1 Å². The Morgan fingerprint density at radius 3 is 2.56 bits per heavy atom. The molecule has 1 rings (SSSR count). The van der Waals surface area contributed by atoms with Crippen molar-refractivity contribution in [2.45, 2.75) is 18.7 Å². The molecule has 1 aromatic rings. The first-order chi connectivity index (χ1) is 7.63. The first kappa shape index (κ1) is 13.0. The lowest BCUT2D eigenvalue weighted by molar-refractivity contribution is 0.0953. The second-order valence-corrected chi connectivity index (χ2v) is 4.69. The van der Waals surface area contributed by atoms with Crippen LogP contribution in [0.5, 0.6) is 0 Å². The number of hydrogen-bond donors (Lipinski definition) is 3. The fourth-order valence-electron chi connectivity index (χ4n) is 1.20. The van der Waals surface area contributed by atoms with Crippen LogP contribution < -0.4 is 17.0 Å². The molecule has 5 N–H and O–H groups in total. The molecular formula is C11H17N3OS. The van der Waals surface area contributed by atoms with Crippen molar-refractivity contribution >= 4 is 17.7 Å². The highest BCUT2D eigenvalue weighted by molar-refractivity contribution is 7.98. The highest BCUT2D eigenvalue weighted by Crippen LogP contribution is 2.13. The van der Waals surface area contributed by atoms with E-state index in [4.69, 9.17) is 11.6 Å². The Labute approximate surface area is 99.7 Å². The summed E-state index contributed by atoms with van der Waals surface area (Å²) in [6.07, 6.45) is 0. The monoisotopic (exact) mass is 239 g/mol. The smallest absolute Gasteiger partial charge is 0.265 e. The zero-order valence-electron chi connectivity index (χ0n) is 9.27. The normalized spacial score (nSPS) is 12.2.